The molecule has 0 fully saturated rings. The molecule has 0 radical (unpaired) electrons. The van der Waals surface area contributed by atoms with Gasteiger partial charge in [-0.1, -0.05) is 19.8 Å². The maximum Gasteiger partial charge on any atom is 0.370 e. The molecule has 5 atom stereocenters. The average molecular weight is 388 g/mol. The van der Waals surface area contributed by atoms with E-state index in [9.17, 15) is 29.7 Å². The van der Waals surface area contributed by atoms with E-state index in [4.69, 9.17) is 9.84 Å². The van der Waals surface area contributed by atoms with Crippen molar-refractivity contribution in [3.8, 4) is 0 Å². The fourth-order valence-corrected chi connectivity index (χ4v) is 2.70. The zero-order valence-electron chi connectivity index (χ0n) is 15.4. The number of rotatable bonds is 10. The zero-order valence-corrected chi connectivity index (χ0v) is 15.4. The molecule has 0 saturated carbocycles. The molecule has 0 saturated heterocycles. The molecule has 1 rings (SSSR count). The van der Waals surface area contributed by atoms with Crippen LogP contribution in [0, 0.1) is 0 Å². The molecular weight excluding hydrogens is 360 g/mol. The summed E-state index contributed by atoms with van der Waals surface area (Å²) in [5.74, 6) is -2.90. The van der Waals surface area contributed by atoms with Crippen molar-refractivity contribution in [1.29, 1.82) is 0 Å². The van der Waals surface area contributed by atoms with E-state index < -0.39 is 48.1 Å². The van der Waals surface area contributed by atoms with Crippen LogP contribution in [-0.4, -0.2) is 75.2 Å². The number of aliphatic hydroxyl groups is 3. The largest absolute Gasteiger partial charge is 0.478 e. The Labute approximate surface area is 157 Å². The lowest BCUT2D eigenvalue weighted by atomic mass is 9.93. The minimum atomic E-state index is -1.67. The van der Waals surface area contributed by atoms with E-state index >= 15 is 0 Å². The molecule has 1 heterocycles. The lowest BCUT2D eigenvalue weighted by molar-refractivity contribution is -0.147. The highest BCUT2D eigenvalue weighted by atomic mass is 16.5. The quantitative estimate of drug-likeness (QED) is 0.250. The van der Waals surface area contributed by atoms with Gasteiger partial charge in [-0.05, 0) is 12.5 Å². The van der Waals surface area contributed by atoms with Crippen molar-refractivity contribution >= 4 is 17.8 Å². The molecule has 154 valence electrons. The molecule has 0 aromatic rings. The van der Waals surface area contributed by atoms with Crippen LogP contribution in [0.3, 0.4) is 0 Å². The van der Waals surface area contributed by atoms with E-state index in [1.807, 2.05) is 6.92 Å². The molecular formula is C17H28N2O8. The number of carbonyl (C=O) groups excluding carboxylic acids is 2. The van der Waals surface area contributed by atoms with Crippen LogP contribution in [0.2, 0.25) is 0 Å². The van der Waals surface area contributed by atoms with Gasteiger partial charge in [0.15, 0.2) is 6.10 Å². The number of hydrogen-bond donors (Lipinski definition) is 6. The van der Waals surface area contributed by atoms with Crippen LogP contribution in [0.1, 0.15) is 39.5 Å². The molecule has 0 aromatic heterocycles. The predicted molar refractivity (Wildman–Crippen MR) is 93.4 cm³/mol. The van der Waals surface area contributed by atoms with Crippen LogP contribution in [0.15, 0.2) is 11.8 Å². The first kappa shape index (κ1) is 22.9. The second kappa shape index (κ2) is 10.9. The van der Waals surface area contributed by atoms with E-state index in [1.54, 1.807) is 0 Å². The minimum Gasteiger partial charge on any atom is -0.478 e. The van der Waals surface area contributed by atoms with Crippen LogP contribution < -0.4 is 10.6 Å². The summed E-state index contributed by atoms with van der Waals surface area (Å²) in [6, 6.07) is -1.17. The van der Waals surface area contributed by atoms with Crippen molar-refractivity contribution in [3.05, 3.63) is 11.8 Å². The Morgan fingerprint density at radius 3 is 2.48 bits per heavy atom. The van der Waals surface area contributed by atoms with Crippen molar-refractivity contribution in [1.82, 2.24) is 10.6 Å². The van der Waals surface area contributed by atoms with E-state index in [1.165, 1.54) is 6.92 Å². The highest BCUT2D eigenvalue weighted by Gasteiger charge is 2.43. The Morgan fingerprint density at radius 1 is 1.26 bits per heavy atom. The molecule has 2 amide bonds. The summed E-state index contributed by atoms with van der Waals surface area (Å²) in [6.07, 6.45) is -2.29. The van der Waals surface area contributed by atoms with Crippen LogP contribution in [-0.2, 0) is 19.1 Å². The van der Waals surface area contributed by atoms with Gasteiger partial charge in [0.2, 0.25) is 17.6 Å². The van der Waals surface area contributed by atoms with Crippen LogP contribution >= 0.6 is 0 Å². The smallest absolute Gasteiger partial charge is 0.370 e. The van der Waals surface area contributed by atoms with Gasteiger partial charge in [-0.15, -0.1) is 0 Å². The summed E-state index contributed by atoms with van der Waals surface area (Å²) >= 11 is 0. The second-order valence-corrected chi connectivity index (χ2v) is 6.45. The zero-order chi connectivity index (χ0) is 20.6. The fraction of sp³-hybridized carbons (Fsp3) is 0.706. The van der Waals surface area contributed by atoms with Crippen molar-refractivity contribution < 1.29 is 39.5 Å². The lowest BCUT2D eigenvalue weighted by Crippen LogP contribution is -2.60. The minimum absolute atomic E-state index is 0.287. The third-order valence-electron chi connectivity index (χ3n) is 4.13. The molecule has 0 aromatic carbocycles. The molecule has 27 heavy (non-hydrogen) atoms. The number of carbonyl (C=O) groups is 3. The first-order valence-electron chi connectivity index (χ1n) is 8.87. The molecule has 10 nitrogen and oxygen atoms in total. The molecule has 4 unspecified atom stereocenters. The van der Waals surface area contributed by atoms with Gasteiger partial charge in [-0.3, -0.25) is 9.59 Å². The normalized spacial score (nSPS) is 24.2. The third-order valence-corrected chi connectivity index (χ3v) is 4.13. The molecule has 1 aliphatic heterocycles. The summed E-state index contributed by atoms with van der Waals surface area (Å²) in [7, 11) is 0. The Balaban J connectivity index is 2.75. The van der Waals surface area contributed by atoms with E-state index in [0.29, 0.717) is 6.42 Å². The second-order valence-electron chi connectivity index (χ2n) is 6.45. The van der Waals surface area contributed by atoms with E-state index in [0.717, 1.165) is 18.9 Å². The monoisotopic (exact) mass is 388 g/mol. The summed E-state index contributed by atoms with van der Waals surface area (Å²) in [4.78, 5) is 34.2. The summed E-state index contributed by atoms with van der Waals surface area (Å²) in [5.41, 5.74) is 0. The predicted octanol–water partition coefficient (Wildman–Crippen LogP) is -1.36. The van der Waals surface area contributed by atoms with Gasteiger partial charge < -0.3 is 35.8 Å². The number of carboxylic acids is 1. The summed E-state index contributed by atoms with van der Waals surface area (Å²) < 4.78 is 5.17. The van der Waals surface area contributed by atoms with E-state index in [-0.39, 0.29) is 18.9 Å². The highest BCUT2D eigenvalue weighted by Crippen LogP contribution is 2.23. The number of unbranched alkanes of at least 4 members (excludes halogenated alkanes) is 2. The average Bonchev–Trinajstić information content (AvgIpc) is 2.60. The SMILES string of the molecule is CCCCCC(=O)NCC(O)C(O)C1OC(C(=O)O)=C[C@@H](O)C1NC(C)=O. The van der Waals surface area contributed by atoms with Crippen molar-refractivity contribution in [2.75, 3.05) is 6.54 Å². The van der Waals surface area contributed by atoms with Gasteiger partial charge in [0.05, 0.1) is 6.04 Å². The van der Waals surface area contributed by atoms with E-state index in [2.05, 4.69) is 10.6 Å². The van der Waals surface area contributed by atoms with Crippen LogP contribution in [0.25, 0.3) is 0 Å². The summed E-state index contributed by atoms with van der Waals surface area (Å²) in [6.45, 7) is 2.89. The topological polar surface area (TPSA) is 165 Å². The van der Waals surface area contributed by atoms with Gasteiger partial charge in [-0.25, -0.2) is 4.79 Å². The van der Waals surface area contributed by atoms with Gasteiger partial charge in [0.25, 0.3) is 0 Å². The molecule has 6 N–H and O–H groups in total. The maximum atomic E-state index is 11.7. The number of aliphatic hydroxyl groups excluding tert-OH is 3. The number of aliphatic carboxylic acids is 1. The lowest BCUT2D eigenvalue weighted by Gasteiger charge is -2.38. The van der Waals surface area contributed by atoms with Gasteiger partial charge in [0, 0.05) is 19.9 Å². The first-order chi connectivity index (χ1) is 12.7. The Hall–Kier alpha value is -2.17. The number of ether oxygens (including phenoxy) is 1. The Kier molecular flexibility index (Phi) is 9.19. The number of nitrogens with one attached hydrogen (secondary N) is 2. The van der Waals surface area contributed by atoms with Gasteiger partial charge in [0.1, 0.15) is 18.3 Å². The molecule has 0 bridgehead atoms. The first-order valence-corrected chi connectivity index (χ1v) is 8.87. The number of amides is 2. The van der Waals surface area contributed by atoms with Crippen molar-refractivity contribution in [3.63, 3.8) is 0 Å². The molecule has 1 aliphatic rings. The summed E-state index contributed by atoms with van der Waals surface area (Å²) in [5, 5.41) is 44.5. The molecule has 0 aliphatic carbocycles. The number of hydrogen-bond acceptors (Lipinski definition) is 7. The standard InChI is InChI=1S/C17H28N2O8/c1-3-4-5-6-13(23)18-8-11(22)15(24)16-14(19-9(2)20)10(21)7-12(27-16)17(25)26/h7,10-11,14-16,21-22,24H,3-6,8H2,1-2H3,(H,18,23)(H,19,20)(H,25,26)/t10-,11?,14?,15?,16?/m1/s1. The van der Waals surface area contributed by atoms with Crippen molar-refractivity contribution in [2.24, 2.45) is 0 Å². The third kappa shape index (κ3) is 7.16. The van der Waals surface area contributed by atoms with Gasteiger partial charge >= 0.3 is 5.97 Å². The Bertz CT molecular complexity index is 565. The maximum absolute atomic E-state index is 11.7. The highest BCUT2D eigenvalue weighted by molar-refractivity contribution is 5.84. The van der Waals surface area contributed by atoms with Gasteiger partial charge in [-0.2, -0.15) is 0 Å². The number of carboxylic acid groups (broad SMARTS) is 1. The Morgan fingerprint density at radius 2 is 1.93 bits per heavy atom. The van der Waals surface area contributed by atoms with Crippen LogP contribution in [0.4, 0.5) is 0 Å². The molecule has 10 heteroatoms. The molecule has 0 spiro atoms. The van der Waals surface area contributed by atoms with Crippen molar-refractivity contribution in [2.45, 2.75) is 70.0 Å². The van der Waals surface area contributed by atoms with Crippen LogP contribution in [0.5, 0.6) is 0 Å². The fourth-order valence-electron chi connectivity index (χ4n) is 2.70.